The molecule has 2 amide bonds. The van der Waals surface area contributed by atoms with Gasteiger partial charge in [0.2, 0.25) is 11.8 Å². The number of hydrogen-bond acceptors (Lipinski definition) is 3. The molecule has 0 bridgehead atoms. The minimum Gasteiger partial charge on any atom is -0.352 e. The Bertz CT molecular complexity index is 305. The lowest BCUT2D eigenvalue weighted by Gasteiger charge is -2.31. The van der Waals surface area contributed by atoms with Crippen LogP contribution in [0.4, 0.5) is 0 Å². The normalized spacial score (nSPS) is 27.9. The summed E-state index contributed by atoms with van der Waals surface area (Å²) >= 11 is 0. The third-order valence-electron chi connectivity index (χ3n) is 3.45. The Kier molecular flexibility index (Phi) is 5.59. The molecule has 0 aliphatic heterocycles. The topological polar surface area (TPSA) is 84.2 Å². The molecule has 0 aromatic rings. The summed E-state index contributed by atoms with van der Waals surface area (Å²) in [5.41, 5.74) is 5.89. The van der Waals surface area contributed by atoms with Crippen molar-refractivity contribution in [2.75, 3.05) is 6.54 Å². The summed E-state index contributed by atoms with van der Waals surface area (Å²) in [6, 6.07) is 0.206. The molecule has 0 spiro atoms. The van der Waals surface area contributed by atoms with E-state index < -0.39 is 0 Å². The summed E-state index contributed by atoms with van der Waals surface area (Å²) in [4.78, 5) is 23.4. The first-order valence-electron chi connectivity index (χ1n) is 6.72. The van der Waals surface area contributed by atoms with Crippen LogP contribution in [0.1, 0.15) is 40.0 Å². The van der Waals surface area contributed by atoms with Gasteiger partial charge in [-0.2, -0.15) is 0 Å². The quantitative estimate of drug-likeness (QED) is 0.679. The van der Waals surface area contributed by atoms with Gasteiger partial charge in [0.05, 0.1) is 6.54 Å². The third-order valence-corrected chi connectivity index (χ3v) is 3.45. The second kappa shape index (κ2) is 6.73. The van der Waals surface area contributed by atoms with Crippen LogP contribution in [0.2, 0.25) is 0 Å². The molecule has 0 aromatic carbocycles. The number of carbonyl (C=O) groups excluding carboxylic acids is 2. The fourth-order valence-corrected chi connectivity index (χ4v) is 2.39. The largest absolute Gasteiger partial charge is 0.352 e. The first-order chi connectivity index (χ1) is 8.40. The van der Waals surface area contributed by atoms with Crippen LogP contribution in [0.5, 0.6) is 0 Å². The van der Waals surface area contributed by atoms with Gasteiger partial charge in [0, 0.05) is 18.0 Å². The average molecular weight is 255 g/mol. The smallest absolute Gasteiger partial charge is 0.239 e. The number of amides is 2. The van der Waals surface area contributed by atoms with Gasteiger partial charge in [0.25, 0.3) is 0 Å². The van der Waals surface area contributed by atoms with Crippen LogP contribution < -0.4 is 16.4 Å². The first kappa shape index (κ1) is 15.0. The Morgan fingerprint density at radius 2 is 2.00 bits per heavy atom. The standard InChI is InChI=1S/C13H25N3O2/c1-8(2)16-12(17)7-15-13(18)11-6-10(14)5-4-9(11)3/h8-11H,4-7,14H2,1-3H3,(H,15,18)(H,16,17). The number of nitrogens with two attached hydrogens (primary N) is 1. The van der Waals surface area contributed by atoms with Crippen molar-refractivity contribution in [3.8, 4) is 0 Å². The van der Waals surface area contributed by atoms with Crippen molar-refractivity contribution in [2.45, 2.75) is 52.1 Å². The van der Waals surface area contributed by atoms with E-state index in [2.05, 4.69) is 17.6 Å². The van der Waals surface area contributed by atoms with Gasteiger partial charge in [-0.3, -0.25) is 9.59 Å². The molecule has 0 saturated heterocycles. The van der Waals surface area contributed by atoms with Gasteiger partial charge >= 0.3 is 0 Å². The molecule has 0 heterocycles. The zero-order chi connectivity index (χ0) is 13.7. The van der Waals surface area contributed by atoms with Crippen LogP contribution in [-0.2, 0) is 9.59 Å². The summed E-state index contributed by atoms with van der Waals surface area (Å²) in [5, 5.41) is 5.44. The molecule has 3 unspecified atom stereocenters. The Morgan fingerprint density at radius 1 is 1.33 bits per heavy atom. The third kappa shape index (κ3) is 4.64. The van der Waals surface area contributed by atoms with Crippen LogP contribution in [0, 0.1) is 11.8 Å². The molecule has 5 heteroatoms. The van der Waals surface area contributed by atoms with Gasteiger partial charge in [0.15, 0.2) is 0 Å². The van der Waals surface area contributed by atoms with Gasteiger partial charge in [-0.05, 0) is 39.0 Å². The molecule has 4 N–H and O–H groups in total. The van der Waals surface area contributed by atoms with Crippen molar-refractivity contribution in [3.05, 3.63) is 0 Å². The maximum atomic E-state index is 12.0. The Balaban J connectivity index is 2.37. The molecule has 0 radical (unpaired) electrons. The monoisotopic (exact) mass is 255 g/mol. The highest BCUT2D eigenvalue weighted by atomic mass is 16.2. The van der Waals surface area contributed by atoms with E-state index in [0.29, 0.717) is 5.92 Å². The Hall–Kier alpha value is -1.10. The Morgan fingerprint density at radius 3 is 2.61 bits per heavy atom. The predicted octanol–water partition coefficient (Wildman–Crippen LogP) is 0.391. The summed E-state index contributed by atoms with van der Waals surface area (Å²) in [6.45, 7) is 5.91. The molecular weight excluding hydrogens is 230 g/mol. The first-order valence-corrected chi connectivity index (χ1v) is 6.72. The van der Waals surface area contributed by atoms with Gasteiger partial charge in [-0.15, -0.1) is 0 Å². The number of nitrogens with one attached hydrogen (secondary N) is 2. The Labute approximate surface area is 109 Å². The van der Waals surface area contributed by atoms with E-state index in [1.807, 2.05) is 13.8 Å². The second-order valence-corrected chi connectivity index (χ2v) is 5.60. The van der Waals surface area contributed by atoms with Gasteiger partial charge in [-0.25, -0.2) is 0 Å². The van der Waals surface area contributed by atoms with E-state index in [0.717, 1.165) is 19.3 Å². The highest BCUT2D eigenvalue weighted by Crippen LogP contribution is 2.28. The van der Waals surface area contributed by atoms with Crippen LogP contribution in [-0.4, -0.2) is 30.4 Å². The lowest BCUT2D eigenvalue weighted by Crippen LogP contribution is -2.45. The second-order valence-electron chi connectivity index (χ2n) is 5.60. The van der Waals surface area contributed by atoms with Gasteiger partial charge in [0.1, 0.15) is 0 Å². The van der Waals surface area contributed by atoms with Gasteiger partial charge < -0.3 is 16.4 Å². The summed E-state index contributed by atoms with van der Waals surface area (Å²) < 4.78 is 0. The molecule has 3 atom stereocenters. The maximum Gasteiger partial charge on any atom is 0.239 e. The SMILES string of the molecule is CC(C)NC(=O)CNC(=O)C1CC(N)CCC1C. The lowest BCUT2D eigenvalue weighted by molar-refractivity contribution is -0.130. The predicted molar refractivity (Wildman–Crippen MR) is 70.8 cm³/mol. The minimum atomic E-state index is -0.147. The number of hydrogen-bond donors (Lipinski definition) is 3. The summed E-state index contributed by atoms with van der Waals surface area (Å²) in [6.07, 6.45) is 2.69. The van der Waals surface area contributed by atoms with Crippen LogP contribution in [0.3, 0.4) is 0 Å². The zero-order valence-corrected chi connectivity index (χ0v) is 11.5. The van der Waals surface area contributed by atoms with Crippen molar-refractivity contribution in [1.82, 2.24) is 10.6 Å². The molecule has 0 aromatic heterocycles. The number of carbonyl (C=O) groups is 2. The van der Waals surface area contributed by atoms with E-state index >= 15 is 0 Å². The maximum absolute atomic E-state index is 12.0. The average Bonchev–Trinajstić information content (AvgIpc) is 2.28. The van der Waals surface area contributed by atoms with Crippen molar-refractivity contribution in [2.24, 2.45) is 17.6 Å². The highest BCUT2D eigenvalue weighted by Gasteiger charge is 2.31. The fourth-order valence-electron chi connectivity index (χ4n) is 2.39. The molecule has 1 aliphatic carbocycles. The number of rotatable bonds is 4. The molecule has 1 saturated carbocycles. The summed E-state index contributed by atoms with van der Waals surface area (Å²) in [5.74, 6) is 0.0984. The van der Waals surface area contributed by atoms with E-state index in [-0.39, 0.29) is 36.4 Å². The van der Waals surface area contributed by atoms with Crippen molar-refractivity contribution in [3.63, 3.8) is 0 Å². The molecule has 104 valence electrons. The lowest BCUT2D eigenvalue weighted by atomic mass is 9.78. The molecule has 18 heavy (non-hydrogen) atoms. The molecule has 5 nitrogen and oxygen atoms in total. The van der Waals surface area contributed by atoms with Crippen molar-refractivity contribution in [1.29, 1.82) is 0 Å². The summed E-state index contributed by atoms with van der Waals surface area (Å²) in [7, 11) is 0. The fraction of sp³-hybridized carbons (Fsp3) is 0.846. The van der Waals surface area contributed by atoms with Crippen molar-refractivity contribution < 1.29 is 9.59 Å². The molecule has 1 aliphatic rings. The van der Waals surface area contributed by atoms with E-state index in [4.69, 9.17) is 5.73 Å². The van der Waals surface area contributed by atoms with E-state index in [1.54, 1.807) is 0 Å². The molecule has 1 rings (SSSR count). The molecule has 1 fully saturated rings. The van der Waals surface area contributed by atoms with E-state index in [1.165, 1.54) is 0 Å². The highest BCUT2D eigenvalue weighted by molar-refractivity contribution is 5.86. The van der Waals surface area contributed by atoms with Crippen LogP contribution in [0.15, 0.2) is 0 Å². The van der Waals surface area contributed by atoms with Crippen LogP contribution in [0.25, 0.3) is 0 Å². The zero-order valence-electron chi connectivity index (χ0n) is 11.5. The van der Waals surface area contributed by atoms with Crippen LogP contribution >= 0.6 is 0 Å². The van der Waals surface area contributed by atoms with Gasteiger partial charge in [-0.1, -0.05) is 6.92 Å². The minimum absolute atomic E-state index is 0.0449. The molecular formula is C13H25N3O2. The van der Waals surface area contributed by atoms with Crippen molar-refractivity contribution >= 4 is 11.8 Å². The van der Waals surface area contributed by atoms with E-state index in [9.17, 15) is 9.59 Å².